The van der Waals surface area contributed by atoms with Gasteiger partial charge in [0.25, 0.3) is 0 Å². The molecule has 2 rings (SSSR count). The Hall–Kier alpha value is -0.256. The van der Waals surface area contributed by atoms with E-state index in [9.17, 15) is 4.79 Å². The number of fused-ring (bicyclic) bond motifs is 2. The smallest absolute Gasteiger partial charge is 0.217 e. The number of ether oxygens (including phenoxy) is 2. The normalized spacial score (nSPS) is 35.5. The SMILES string of the molecule is CC(=O)N[C@H]1[C@H](O[Si](C)(C)C)O[C@H]2CO[C@H]1[C@H]2O[Si](C)(C)C. The van der Waals surface area contributed by atoms with Crippen LogP contribution in [-0.4, -0.2) is 59.8 Å². The molecule has 2 heterocycles. The number of nitrogens with one attached hydrogen (secondary N) is 1. The summed E-state index contributed by atoms with van der Waals surface area (Å²) in [6.07, 6.45) is -0.932. The van der Waals surface area contributed by atoms with E-state index in [-0.39, 0.29) is 30.3 Å². The van der Waals surface area contributed by atoms with Gasteiger partial charge in [0.2, 0.25) is 5.91 Å². The van der Waals surface area contributed by atoms with Crippen molar-refractivity contribution < 1.29 is 23.1 Å². The molecular weight excluding hydrogens is 318 g/mol. The monoisotopic (exact) mass is 347 g/mol. The number of rotatable bonds is 5. The maximum absolute atomic E-state index is 11.6. The minimum Gasteiger partial charge on any atom is -0.409 e. The van der Waals surface area contributed by atoms with Crippen molar-refractivity contribution in [2.45, 2.75) is 76.8 Å². The Labute approximate surface area is 135 Å². The summed E-state index contributed by atoms with van der Waals surface area (Å²) in [5.41, 5.74) is 0. The van der Waals surface area contributed by atoms with E-state index in [1.54, 1.807) is 0 Å². The highest BCUT2D eigenvalue weighted by Crippen LogP contribution is 2.35. The highest BCUT2D eigenvalue weighted by Gasteiger charge is 2.54. The summed E-state index contributed by atoms with van der Waals surface area (Å²) in [5.74, 6) is -0.113. The van der Waals surface area contributed by atoms with Crippen molar-refractivity contribution in [2.75, 3.05) is 6.61 Å². The molecule has 5 atom stereocenters. The Bertz CT molecular complexity index is 420. The lowest BCUT2D eigenvalue weighted by atomic mass is 10.00. The van der Waals surface area contributed by atoms with Gasteiger partial charge in [-0.05, 0) is 39.3 Å². The van der Waals surface area contributed by atoms with Crippen LogP contribution >= 0.6 is 0 Å². The Balaban J connectivity index is 2.19. The second-order valence-corrected chi connectivity index (χ2v) is 16.9. The fourth-order valence-corrected chi connectivity index (χ4v) is 4.83. The lowest BCUT2D eigenvalue weighted by Gasteiger charge is -2.43. The van der Waals surface area contributed by atoms with Gasteiger partial charge in [0.05, 0.1) is 6.61 Å². The molecule has 0 aromatic carbocycles. The van der Waals surface area contributed by atoms with Gasteiger partial charge in [-0.15, -0.1) is 0 Å². The minimum absolute atomic E-state index is 0.113. The summed E-state index contributed by atoms with van der Waals surface area (Å²) in [6.45, 7) is 14.7. The van der Waals surface area contributed by atoms with Gasteiger partial charge in [-0.25, -0.2) is 0 Å². The predicted octanol–water partition coefficient (Wildman–Crippen LogP) is 1.69. The number of carbonyl (C=O) groups excluding carboxylic acids is 1. The second kappa shape index (κ2) is 6.33. The Morgan fingerprint density at radius 2 is 1.68 bits per heavy atom. The topological polar surface area (TPSA) is 66.0 Å². The average Bonchev–Trinajstić information content (AvgIpc) is 2.54. The number of amides is 1. The second-order valence-electron chi connectivity index (χ2n) is 7.99. The molecule has 0 radical (unpaired) electrons. The summed E-state index contributed by atoms with van der Waals surface area (Å²) >= 11 is 0. The van der Waals surface area contributed by atoms with Crippen LogP contribution in [0.2, 0.25) is 39.3 Å². The quantitative estimate of drug-likeness (QED) is 0.767. The summed E-state index contributed by atoms with van der Waals surface area (Å²) in [6, 6.07) is -0.329. The average molecular weight is 348 g/mol. The fourth-order valence-electron chi connectivity index (χ4n) is 2.83. The lowest BCUT2D eigenvalue weighted by Crippen LogP contribution is -2.63. The summed E-state index contributed by atoms with van der Waals surface area (Å²) in [7, 11) is -3.53. The molecule has 8 heteroatoms. The molecule has 0 unspecified atom stereocenters. The van der Waals surface area contributed by atoms with Crippen LogP contribution in [0.3, 0.4) is 0 Å². The summed E-state index contributed by atoms with van der Waals surface area (Å²) in [5, 5.41) is 2.94. The van der Waals surface area contributed by atoms with E-state index in [0.717, 1.165) is 0 Å². The van der Waals surface area contributed by atoms with E-state index in [4.69, 9.17) is 18.3 Å². The van der Waals surface area contributed by atoms with Crippen molar-refractivity contribution in [1.82, 2.24) is 5.32 Å². The van der Waals surface area contributed by atoms with E-state index >= 15 is 0 Å². The van der Waals surface area contributed by atoms with Crippen molar-refractivity contribution in [3.05, 3.63) is 0 Å². The molecule has 2 aliphatic rings. The van der Waals surface area contributed by atoms with E-state index in [1.165, 1.54) is 6.92 Å². The van der Waals surface area contributed by atoms with Crippen LogP contribution in [0, 0.1) is 0 Å². The third-order valence-electron chi connectivity index (χ3n) is 3.43. The molecule has 22 heavy (non-hydrogen) atoms. The van der Waals surface area contributed by atoms with Crippen LogP contribution in [0.25, 0.3) is 0 Å². The molecule has 2 saturated heterocycles. The number of hydrogen-bond donors (Lipinski definition) is 1. The van der Waals surface area contributed by atoms with Crippen LogP contribution < -0.4 is 5.32 Å². The third-order valence-corrected chi connectivity index (χ3v) is 5.35. The van der Waals surface area contributed by atoms with Gasteiger partial charge in [-0.3, -0.25) is 4.79 Å². The van der Waals surface area contributed by atoms with Crippen molar-refractivity contribution in [1.29, 1.82) is 0 Å². The van der Waals surface area contributed by atoms with Crippen molar-refractivity contribution in [2.24, 2.45) is 0 Å². The van der Waals surface area contributed by atoms with Crippen molar-refractivity contribution >= 4 is 22.5 Å². The van der Waals surface area contributed by atoms with Crippen molar-refractivity contribution in [3.8, 4) is 0 Å². The summed E-state index contributed by atoms with van der Waals surface area (Å²) in [4.78, 5) is 11.6. The van der Waals surface area contributed by atoms with Gasteiger partial charge in [0.1, 0.15) is 24.4 Å². The van der Waals surface area contributed by atoms with Crippen molar-refractivity contribution in [3.63, 3.8) is 0 Å². The van der Waals surface area contributed by atoms with E-state index in [0.29, 0.717) is 6.61 Å². The van der Waals surface area contributed by atoms with Crippen LogP contribution in [-0.2, 0) is 23.1 Å². The molecule has 0 spiro atoms. The van der Waals surface area contributed by atoms with Crippen LogP contribution in [0.5, 0.6) is 0 Å². The Morgan fingerprint density at radius 3 is 2.18 bits per heavy atom. The standard InChI is InChI=1S/C14H29NO5Si2/c1-9(16)15-11-13-12(19-21(2,3)4)10(8-17-13)18-14(11)20-22(5,6)7/h10-14H,8H2,1-7H3,(H,15,16)/t10-,11+,12-,13+,14-/m0/s1. The third kappa shape index (κ3) is 4.62. The number of hydrogen-bond acceptors (Lipinski definition) is 5. The van der Waals surface area contributed by atoms with E-state index in [2.05, 4.69) is 44.6 Å². The molecule has 1 amide bonds. The zero-order valence-corrected chi connectivity index (χ0v) is 16.6. The highest BCUT2D eigenvalue weighted by molar-refractivity contribution is 6.70. The Kier molecular flexibility index (Phi) is 5.20. The zero-order chi connectivity index (χ0) is 16.7. The first-order valence-electron chi connectivity index (χ1n) is 7.86. The molecule has 0 aliphatic carbocycles. The Morgan fingerprint density at radius 1 is 1.09 bits per heavy atom. The van der Waals surface area contributed by atoms with E-state index in [1.807, 2.05) is 0 Å². The minimum atomic E-state index is -1.80. The molecule has 2 aliphatic heterocycles. The molecule has 2 bridgehead atoms. The van der Waals surface area contributed by atoms with Crippen LogP contribution in [0.1, 0.15) is 6.92 Å². The molecular formula is C14H29NO5Si2. The van der Waals surface area contributed by atoms with Crippen LogP contribution in [0.4, 0.5) is 0 Å². The van der Waals surface area contributed by atoms with Gasteiger partial charge in [-0.2, -0.15) is 0 Å². The summed E-state index contributed by atoms with van der Waals surface area (Å²) < 4.78 is 24.4. The molecule has 6 nitrogen and oxygen atoms in total. The molecule has 1 N–H and O–H groups in total. The molecule has 0 saturated carbocycles. The molecule has 128 valence electrons. The first-order valence-corrected chi connectivity index (χ1v) is 14.7. The molecule has 0 aromatic heterocycles. The first-order chi connectivity index (χ1) is 9.96. The molecule has 0 aromatic rings. The van der Waals surface area contributed by atoms with Gasteiger partial charge >= 0.3 is 0 Å². The van der Waals surface area contributed by atoms with Gasteiger partial charge < -0.3 is 23.6 Å². The highest BCUT2D eigenvalue weighted by atomic mass is 28.4. The fraction of sp³-hybridized carbons (Fsp3) is 0.929. The van der Waals surface area contributed by atoms with Crippen LogP contribution in [0.15, 0.2) is 0 Å². The van der Waals surface area contributed by atoms with Gasteiger partial charge in [0.15, 0.2) is 22.9 Å². The molecule has 2 fully saturated rings. The largest absolute Gasteiger partial charge is 0.409 e. The van der Waals surface area contributed by atoms with E-state index < -0.39 is 22.9 Å². The lowest BCUT2D eigenvalue weighted by molar-refractivity contribution is -0.193. The first kappa shape index (κ1) is 18.1. The maximum Gasteiger partial charge on any atom is 0.217 e. The van der Waals surface area contributed by atoms with Gasteiger partial charge in [-0.1, -0.05) is 0 Å². The maximum atomic E-state index is 11.6. The predicted molar refractivity (Wildman–Crippen MR) is 88.7 cm³/mol. The zero-order valence-electron chi connectivity index (χ0n) is 14.6. The van der Waals surface area contributed by atoms with Gasteiger partial charge in [0, 0.05) is 6.92 Å². The number of carbonyl (C=O) groups is 1.